The zero-order valence-electron chi connectivity index (χ0n) is 11.6. The zero-order valence-corrected chi connectivity index (χ0v) is 11.6. The molecule has 0 aromatic heterocycles. The van der Waals surface area contributed by atoms with Crippen LogP contribution in [0.5, 0.6) is 0 Å². The second-order valence-corrected chi connectivity index (χ2v) is 4.71. The average molecular weight is 281 g/mol. The second-order valence-electron chi connectivity index (χ2n) is 4.71. The number of carbonyl (C=O) groups excluding carboxylic acids is 1. The van der Waals surface area contributed by atoms with Crippen molar-refractivity contribution in [1.29, 1.82) is 0 Å². The molecular formula is C14H19NO5. The number of aliphatic carboxylic acids is 1. The molecule has 1 atom stereocenters. The summed E-state index contributed by atoms with van der Waals surface area (Å²) in [6, 6.07) is 9.22. The third kappa shape index (κ3) is 4.89. The van der Waals surface area contributed by atoms with E-state index >= 15 is 0 Å². The number of nitrogens with one attached hydrogen (secondary N) is 1. The summed E-state index contributed by atoms with van der Waals surface area (Å²) in [7, 11) is 1.41. The molecule has 0 radical (unpaired) electrons. The molecule has 110 valence electrons. The van der Waals surface area contributed by atoms with Gasteiger partial charge in [0.1, 0.15) is 12.0 Å². The number of rotatable bonds is 7. The van der Waals surface area contributed by atoms with Gasteiger partial charge in [-0.25, -0.2) is 4.79 Å². The number of methoxy groups -OCH3 is 1. The van der Waals surface area contributed by atoms with Gasteiger partial charge in [-0.1, -0.05) is 30.3 Å². The first-order valence-corrected chi connectivity index (χ1v) is 6.15. The molecule has 0 aliphatic heterocycles. The minimum Gasteiger partial charge on any atom is -0.481 e. The Morgan fingerprint density at radius 2 is 1.95 bits per heavy atom. The van der Waals surface area contributed by atoms with E-state index in [4.69, 9.17) is 14.6 Å². The quantitative estimate of drug-likeness (QED) is 0.793. The highest BCUT2D eigenvalue weighted by molar-refractivity contribution is 5.76. The predicted molar refractivity (Wildman–Crippen MR) is 72.2 cm³/mol. The third-order valence-corrected chi connectivity index (χ3v) is 2.81. The number of alkyl carbamates (subject to hydrolysis) is 1. The maximum Gasteiger partial charge on any atom is 0.407 e. The standard InChI is InChI=1S/C14H19NO5/c1-14(10-19-2,12(16)17)9-15-13(18)20-8-11-6-4-3-5-7-11/h3-7H,8-10H2,1-2H3,(H,15,18)(H,16,17). The number of carbonyl (C=O) groups is 2. The van der Waals surface area contributed by atoms with Crippen molar-refractivity contribution in [2.45, 2.75) is 13.5 Å². The van der Waals surface area contributed by atoms with Crippen molar-refractivity contribution in [3.8, 4) is 0 Å². The number of amides is 1. The number of benzene rings is 1. The molecule has 0 saturated carbocycles. The SMILES string of the molecule is COCC(C)(CNC(=O)OCc1ccccc1)C(=O)O. The minimum atomic E-state index is -1.18. The highest BCUT2D eigenvalue weighted by Gasteiger charge is 2.33. The molecule has 0 aliphatic carbocycles. The number of ether oxygens (including phenoxy) is 2. The maximum absolute atomic E-state index is 11.5. The van der Waals surface area contributed by atoms with Crippen LogP contribution >= 0.6 is 0 Å². The Morgan fingerprint density at radius 3 is 2.50 bits per heavy atom. The summed E-state index contributed by atoms with van der Waals surface area (Å²) >= 11 is 0. The molecule has 0 heterocycles. The van der Waals surface area contributed by atoms with Gasteiger partial charge in [0.25, 0.3) is 0 Å². The van der Waals surface area contributed by atoms with Gasteiger partial charge < -0.3 is 19.9 Å². The molecule has 0 saturated heterocycles. The summed E-state index contributed by atoms with van der Waals surface area (Å²) in [6.07, 6.45) is -0.655. The molecule has 6 heteroatoms. The first-order valence-electron chi connectivity index (χ1n) is 6.15. The van der Waals surface area contributed by atoms with Gasteiger partial charge in [0, 0.05) is 13.7 Å². The van der Waals surface area contributed by atoms with Gasteiger partial charge in [-0.2, -0.15) is 0 Å². The summed E-state index contributed by atoms with van der Waals surface area (Å²) in [5, 5.41) is 11.5. The topological polar surface area (TPSA) is 84.9 Å². The Labute approximate surface area is 117 Å². The van der Waals surface area contributed by atoms with Crippen LogP contribution in [0.2, 0.25) is 0 Å². The molecule has 6 nitrogen and oxygen atoms in total. The molecule has 0 fully saturated rings. The van der Waals surface area contributed by atoms with Crippen molar-refractivity contribution in [2.24, 2.45) is 5.41 Å². The Hall–Kier alpha value is -2.08. The molecule has 0 aliphatic rings. The predicted octanol–water partition coefficient (Wildman–Crippen LogP) is 1.65. The van der Waals surface area contributed by atoms with Crippen LogP contribution in [-0.4, -0.2) is 37.4 Å². The first-order chi connectivity index (χ1) is 9.48. The van der Waals surface area contributed by atoms with Crippen molar-refractivity contribution < 1.29 is 24.2 Å². The number of carboxylic acid groups (broad SMARTS) is 1. The molecule has 1 aromatic rings. The molecule has 2 N–H and O–H groups in total. The highest BCUT2D eigenvalue weighted by Crippen LogP contribution is 2.15. The maximum atomic E-state index is 11.5. The van der Waals surface area contributed by atoms with Gasteiger partial charge in [0.2, 0.25) is 0 Å². The lowest BCUT2D eigenvalue weighted by atomic mass is 9.92. The van der Waals surface area contributed by atoms with E-state index in [2.05, 4.69) is 5.32 Å². The van der Waals surface area contributed by atoms with Crippen molar-refractivity contribution in [3.05, 3.63) is 35.9 Å². The van der Waals surface area contributed by atoms with Gasteiger partial charge in [0.05, 0.1) is 6.61 Å². The van der Waals surface area contributed by atoms with Gasteiger partial charge in [-0.3, -0.25) is 4.79 Å². The molecule has 1 unspecified atom stereocenters. The highest BCUT2D eigenvalue weighted by atomic mass is 16.5. The Bertz CT molecular complexity index is 448. The van der Waals surface area contributed by atoms with E-state index in [1.54, 1.807) is 0 Å². The molecule has 0 spiro atoms. The lowest BCUT2D eigenvalue weighted by Crippen LogP contribution is -2.44. The summed E-state index contributed by atoms with van der Waals surface area (Å²) in [6.45, 7) is 1.57. The van der Waals surface area contributed by atoms with Crippen LogP contribution in [0.3, 0.4) is 0 Å². The molecule has 1 aromatic carbocycles. The largest absolute Gasteiger partial charge is 0.481 e. The van der Waals surface area contributed by atoms with E-state index < -0.39 is 17.5 Å². The molecule has 20 heavy (non-hydrogen) atoms. The van der Waals surface area contributed by atoms with Gasteiger partial charge in [0.15, 0.2) is 0 Å². The van der Waals surface area contributed by atoms with Crippen LogP contribution in [-0.2, 0) is 20.9 Å². The molecule has 1 amide bonds. The van der Waals surface area contributed by atoms with Crippen LogP contribution < -0.4 is 5.32 Å². The van der Waals surface area contributed by atoms with Crippen LogP contribution in [0.25, 0.3) is 0 Å². The van der Waals surface area contributed by atoms with Gasteiger partial charge in [-0.05, 0) is 12.5 Å². The van der Waals surface area contributed by atoms with Crippen LogP contribution in [0.15, 0.2) is 30.3 Å². The monoisotopic (exact) mass is 281 g/mol. The fourth-order valence-corrected chi connectivity index (χ4v) is 1.55. The van der Waals surface area contributed by atoms with Crippen molar-refractivity contribution in [3.63, 3.8) is 0 Å². The van der Waals surface area contributed by atoms with Crippen molar-refractivity contribution >= 4 is 12.1 Å². The van der Waals surface area contributed by atoms with Crippen LogP contribution in [0, 0.1) is 5.41 Å². The summed E-state index contributed by atoms with van der Waals surface area (Å²) in [5.74, 6) is -1.04. The van der Waals surface area contributed by atoms with E-state index in [0.717, 1.165) is 5.56 Å². The second kappa shape index (κ2) is 7.49. The van der Waals surface area contributed by atoms with Gasteiger partial charge >= 0.3 is 12.1 Å². The van der Waals surface area contributed by atoms with Crippen LogP contribution in [0.4, 0.5) is 4.79 Å². The van der Waals surface area contributed by atoms with E-state index in [-0.39, 0.29) is 19.8 Å². The number of hydrogen-bond acceptors (Lipinski definition) is 4. The lowest BCUT2D eigenvalue weighted by molar-refractivity contribution is -0.150. The van der Waals surface area contributed by atoms with Crippen molar-refractivity contribution in [1.82, 2.24) is 5.32 Å². The Balaban J connectivity index is 2.40. The number of carboxylic acids is 1. The number of hydrogen-bond donors (Lipinski definition) is 2. The van der Waals surface area contributed by atoms with E-state index in [0.29, 0.717) is 0 Å². The summed E-state index contributed by atoms with van der Waals surface area (Å²) in [5.41, 5.74) is -0.318. The van der Waals surface area contributed by atoms with E-state index in [9.17, 15) is 9.59 Å². The average Bonchev–Trinajstić information content (AvgIpc) is 2.44. The minimum absolute atomic E-state index is 0.00129. The molecular weight excluding hydrogens is 262 g/mol. The smallest absolute Gasteiger partial charge is 0.407 e. The van der Waals surface area contributed by atoms with Crippen LogP contribution in [0.1, 0.15) is 12.5 Å². The van der Waals surface area contributed by atoms with Gasteiger partial charge in [-0.15, -0.1) is 0 Å². The molecule has 1 rings (SSSR count). The normalized spacial score (nSPS) is 13.3. The Morgan fingerprint density at radius 1 is 1.30 bits per heavy atom. The fraction of sp³-hybridized carbons (Fsp3) is 0.429. The fourth-order valence-electron chi connectivity index (χ4n) is 1.55. The van der Waals surface area contributed by atoms with E-state index in [1.165, 1.54) is 14.0 Å². The van der Waals surface area contributed by atoms with Crippen molar-refractivity contribution in [2.75, 3.05) is 20.3 Å². The third-order valence-electron chi connectivity index (χ3n) is 2.81. The first kappa shape index (κ1) is 16.0. The zero-order chi connectivity index (χ0) is 15.0. The Kier molecular flexibility index (Phi) is 5.99. The molecule has 0 bridgehead atoms. The lowest BCUT2D eigenvalue weighted by Gasteiger charge is -2.23. The summed E-state index contributed by atoms with van der Waals surface area (Å²) < 4.78 is 9.85. The summed E-state index contributed by atoms with van der Waals surface area (Å²) in [4.78, 5) is 22.7. The van der Waals surface area contributed by atoms with E-state index in [1.807, 2.05) is 30.3 Å².